The fourth-order valence-corrected chi connectivity index (χ4v) is 5.37. The van der Waals surface area contributed by atoms with Gasteiger partial charge < -0.3 is 4.90 Å². The van der Waals surface area contributed by atoms with Crippen LogP contribution in [-0.4, -0.2) is 52.3 Å². The maximum absolute atomic E-state index is 11.8. The number of nitrogens with zero attached hydrogens (tertiary/aromatic N) is 4. The molecule has 0 aliphatic carbocycles. The summed E-state index contributed by atoms with van der Waals surface area (Å²) in [7, 11) is -2.90. The minimum atomic E-state index is -2.90. The van der Waals surface area contributed by atoms with Crippen LogP contribution in [0.1, 0.15) is 24.5 Å². The number of aryl methyl sites for hydroxylation is 2. The lowest BCUT2D eigenvalue weighted by Crippen LogP contribution is -3.15. The SMILES string of the molecule is CC[NH+](Cn1nnn(-c2cc(C)ccc2C)c1=S)[C@H]1CCS(=O)(=O)C1. The summed E-state index contributed by atoms with van der Waals surface area (Å²) in [6, 6.07) is 6.23. The van der Waals surface area contributed by atoms with Gasteiger partial charge in [-0.3, -0.25) is 0 Å². The molecule has 2 aromatic rings. The van der Waals surface area contributed by atoms with Crippen LogP contribution in [0.5, 0.6) is 0 Å². The van der Waals surface area contributed by atoms with E-state index in [1.165, 1.54) is 4.90 Å². The molecule has 1 aliphatic rings. The first-order chi connectivity index (χ1) is 11.8. The molecule has 1 aliphatic heterocycles. The number of hydrogen-bond acceptors (Lipinski definition) is 5. The highest BCUT2D eigenvalue weighted by Gasteiger charge is 2.35. The lowest BCUT2D eigenvalue weighted by Gasteiger charge is -2.22. The molecule has 1 fully saturated rings. The van der Waals surface area contributed by atoms with Gasteiger partial charge in [0.1, 0.15) is 11.8 Å². The van der Waals surface area contributed by atoms with Gasteiger partial charge in [-0.1, -0.05) is 12.1 Å². The molecule has 2 atom stereocenters. The molecule has 0 amide bonds. The standard InChI is InChI=1S/C16H23N5O2S2/c1-4-19(14-7-8-25(22,23)10-14)11-20-16(24)21(18-17-20)15-9-12(2)5-6-13(15)3/h5-6,9,14H,4,7-8,10-11H2,1-3H3/p+1/t14-/m0/s1. The highest BCUT2D eigenvalue weighted by molar-refractivity contribution is 7.91. The monoisotopic (exact) mass is 382 g/mol. The Hall–Kier alpha value is -1.58. The number of rotatable bonds is 5. The van der Waals surface area contributed by atoms with Gasteiger partial charge in [-0.25, -0.2) is 8.42 Å². The van der Waals surface area contributed by atoms with E-state index in [0.29, 0.717) is 17.9 Å². The van der Waals surface area contributed by atoms with Crippen molar-refractivity contribution in [3.63, 3.8) is 0 Å². The van der Waals surface area contributed by atoms with E-state index in [1.54, 1.807) is 9.36 Å². The van der Waals surface area contributed by atoms with Crippen molar-refractivity contribution in [1.82, 2.24) is 19.8 Å². The number of sulfone groups is 1. The number of nitrogens with one attached hydrogen (secondary N) is 1. The maximum Gasteiger partial charge on any atom is 0.225 e. The Bertz CT molecular complexity index is 932. The van der Waals surface area contributed by atoms with Gasteiger partial charge in [-0.05, 0) is 60.6 Å². The molecule has 1 saturated heterocycles. The van der Waals surface area contributed by atoms with Crippen LogP contribution < -0.4 is 4.90 Å². The number of tetrazole rings is 1. The van der Waals surface area contributed by atoms with E-state index in [2.05, 4.69) is 23.4 Å². The third kappa shape index (κ3) is 3.83. The van der Waals surface area contributed by atoms with Crippen LogP contribution in [0.2, 0.25) is 0 Å². The smallest absolute Gasteiger partial charge is 0.225 e. The molecule has 1 N–H and O–H groups in total. The molecule has 3 rings (SSSR count). The molecule has 0 bridgehead atoms. The van der Waals surface area contributed by atoms with Gasteiger partial charge in [0.2, 0.25) is 4.77 Å². The second kappa shape index (κ2) is 6.97. The van der Waals surface area contributed by atoms with E-state index in [9.17, 15) is 8.42 Å². The predicted octanol–water partition coefficient (Wildman–Crippen LogP) is 0.465. The number of hydrogen-bond donors (Lipinski definition) is 1. The third-order valence-corrected chi connectivity index (χ3v) is 7.00. The van der Waals surface area contributed by atoms with E-state index >= 15 is 0 Å². The predicted molar refractivity (Wildman–Crippen MR) is 98.2 cm³/mol. The molecule has 25 heavy (non-hydrogen) atoms. The average Bonchev–Trinajstić information content (AvgIpc) is 3.10. The number of quaternary nitrogens is 1. The van der Waals surface area contributed by atoms with Crippen molar-refractivity contribution in [2.24, 2.45) is 0 Å². The second-order valence-corrected chi connectivity index (χ2v) is 9.33. The summed E-state index contributed by atoms with van der Waals surface area (Å²) in [5, 5.41) is 8.44. The van der Waals surface area contributed by atoms with Gasteiger partial charge >= 0.3 is 0 Å². The van der Waals surface area contributed by atoms with E-state index in [1.807, 2.05) is 26.0 Å². The highest BCUT2D eigenvalue weighted by atomic mass is 32.2. The van der Waals surface area contributed by atoms with Crippen LogP contribution in [-0.2, 0) is 16.5 Å². The third-order valence-electron chi connectivity index (χ3n) is 4.85. The zero-order chi connectivity index (χ0) is 18.2. The molecule has 1 aromatic heterocycles. The maximum atomic E-state index is 11.8. The Kier molecular flexibility index (Phi) is 5.08. The topological polar surface area (TPSA) is 74.2 Å². The van der Waals surface area contributed by atoms with Crippen molar-refractivity contribution in [2.75, 3.05) is 18.1 Å². The van der Waals surface area contributed by atoms with Crippen LogP contribution >= 0.6 is 12.2 Å². The van der Waals surface area contributed by atoms with Gasteiger partial charge in [0, 0.05) is 6.42 Å². The minimum absolute atomic E-state index is 0.0998. The minimum Gasteiger partial charge on any atom is -0.313 e. The van der Waals surface area contributed by atoms with Gasteiger partial charge in [-0.15, -0.1) is 0 Å². The first-order valence-electron chi connectivity index (χ1n) is 8.46. The lowest BCUT2D eigenvalue weighted by atomic mass is 10.1. The van der Waals surface area contributed by atoms with E-state index in [-0.39, 0.29) is 17.5 Å². The number of aromatic nitrogens is 4. The summed E-state index contributed by atoms with van der Waals surface area (Å²) in [5.74, 6) is 0.524. The molecule has 9 heteroatoms. The molecule has 2 heterocycles. The zero-order valence-electron chi connectivity index (χ0n) is 14.8. The molecule has 0 saturated carbocycles. The summed E-state index contributed by atoms with van der Waals surface area (Å²) in [5.41, 5.74) is 3.14. The van der Waals surface area contributed by atoms with E-state index in [0.717, 1.165) is 23.4 Å². The molecular formula is C16H24N5O2S2+. The molecular weight excluding hydrogens is 358 g/mol. The molecule has 0 radical (unpaired) electrons. The summed E-state index contributed by atoms with van der Waals surface area (Å²) in [6.07, 6.45) is 0.698. The Balaban J connectivity index is 1.86. The van der Waals surface area contributed by atoms with Crippen molar-refractivity contribution in [3.05, 3.63) is 34.1 Å². The molecule has 1 aromatic carbocycles. The van der Waals surface area contributed by atoms with Gasteiger partial charge in [0.15, 0.2) is 16.5 Å². The Morgan fingerprint density at radius 3 is 2.72 bits per heavy atom. The van der Waals surface area contributed by atoms with Crippen LogP contribution in [0.15, 0.2) is 18.2 Å². The van der Waals surface area contributed by atoms with E-state index < -0.39 is 9.84 Å². The van der Waals surface area contributed by atoms with Crippen LogP contribution in [0, 0.1) is 18.6 Å². The van der Waals surface area contributed by atoms with Crippen LogP contribution in [0.25, 0.3) is 5.69 Å². The first-order valence-corrected chi connectivity index (χ1v) is 10.7. The normalized spacial score (nSPS) is 20.7. The Labute approximate surface area is 153 Å². The Morgan fingerprint density at radius 1 is 1.32 bits per heavy atom. The summed E-state index contributed by atoms with van der Waals surface area (Å²) >= 11 is 5.57. The Morgan fingerprint density at radius 2 is 2.08 bits per heavy atom. The summed E-state index contributed by atoms with van der Waals surface area (Å²) in [4.78, 5) is 1.17. The number of benzene rings is 1. The van der Waals surface area contributed by atoms with Crippen molar-refractivity contribution in [2.45, 2.75) is 39.9 Å². The fraction of sp³-hybridized carbons (Fsp3) is 0.562. The van der Waals surface area contributed by atoms with Crippen molar-refractivity contribution < 1.29 is 13.3 Å². The van der Waals surface area contributed by atoms with Crippen molar-refractivity contribution in [3.8, 4) is 5.69 Å². The summed E-state index contributed by atoms with van der Waals surface area (Å²) in [6.45, 7) is 7.45. The molecule has 7 nitrogen and oxygen atoms in total. The largest absolute Gasteiger partial charge is 0.313 e. The van der Waals surface area contributed by atoms with Gasteiger partial charge in [-0.2, -0.15) is 9.36 Å². The molecule has 1 unspecified atom stereocenters. The summed E-state index contributed by atoms with van der Waals surface area (Å²) < 4.78 is 27.4. The van der Waals surface area contributed by atoms with Gasteiger partial charge in [0.05, 0.1) is 18.0 Å². The fourth-order valence-electron chi connectivity index (χ4n) is 3.31. The molecule has 0 spiro atoms. The van der Waals surface area contributed by atoms with Crippen LogP contribution in [0.3, 0.4) is 0 Å². The van der Waals surface area contributed by atoms with Crippen LogP contribution in [0.4, 0.5) is 0 Å². The second-order valence-electron chi connectivity index (χ2n) is 6.73. The van der Waals surface area contributed by atoms with Crippen molar-refractivity contribution >= 4 is 22.1 Å². The highest BCUT2D eigenvalue weighted by Crippen LogP contribution is 2.15. The van der Waals surface area contributed by atoms with Crippen molar-refractivity contribution in [1.29, 1.82) is 0 Å². The van der Waals surface area contributed by atoms with Gasteiger partial charge in [0.25, 0.3) is 0 Å². The average molecular weight is 383 g/mol. The zero-order valence-corrected chi connectivity index (χ0v) is 16.4. The first kappa shape index (κ1) is 18.2. The lowest BCUT2D eigenvalue weighted by molar-refractivity contribution is -0.943. The quantitative estimate of drug-likeness (QED) is 0.761. The molecule has 136 valence electrons. The van der Waals surface area contributed by atoms with E-state index in [4.69, 9.17) is 12.2 Å².